The number of rotatable bonds is 3. The summed E-state index contributed by atoms with van der Waals surface area (Å²) in [6.07, 6.45) is 1.02. The minimum absolute atomic E-state index is 0. The number of aliphatic carboxylic acids is 1. The second-order valence-corrected chi connectivity index (χ2v) is 3.53. The zero-order valence-electron chi connectivity index (χ0n) is 8.76. The fraction of sp³-hybridized carbons (Fsp3) is 0.889. The van der Waals surface area contributed by atoms with Crippen molar-refractivity contribution in [2.75, 3.05) is 13.1 Å². The standard InChI is InChI=1S/C6H14N2.C3H5O3.Pt/c7-3-5-1-2-6(5)4-8;1-2(4)3(5)6;/h5-6H,1-4,7-8H2;2H,1H3,(H,5,6);/q;-1;+2/p-1. The van der Waals surface area contributed by atoms with E-state index in [2.05, 4.69) is 0 Å². The van der Waals surface area contributed by atoms with Crippen molar-refractivity contribution in [1.82, 2.24) is 0 Å². The Hall–Kier alpha value is 0.0383. The quantitative estimate of drug-likeness (QED) is 0.543. The smallest absolute Gasteiger partial charge is 0.848 e. The minimum atomic E-state index is -1.59. The summed E-state index contributed by atoms with van der Waals surface area (Å²) in [4.78, 5) is 9.28. The maximum Gasteiger partial charge on any atom is 2.00 e. The molecule has 6 heteroatoms. The third kappa shape index (κ3) is 7.01. The molecule has 3 unspecified atom stereocenters. The molecule has 1 rings (SSSR count). The average Bonchev–Trinajstić information content (AvgIpc) is 2.05. The number of carbonyl (C=O) groups excluding carboxylic acids is 1. The zero-order valence-corrected chi connectivity index (χ0v) is 11.0. The molecule has 0 saturated heterocycles. The van der Waals surface area contributed by atoms with Crippen LogP contribution in [0.25, 0.3) is 0 Å². The summed E-state index contributed by atoms with van der Waals surface area (Å²) < 4.78 is 0. The van der Waals surface area contributed by atoms with E-state index in [9.17, 15) is 15.0 Å². The van der Waals surface area contributed by atoms with Gasteiger partial charge >= 0.3 is 21.1 Å². The van der Waals surface area contributed by atoms with E-state index in [1.54, 1.807) is 0 Å². The molecule has 1 fully saturated rings. The van der Waals surface area contributed by atoms with Gasteiger partial charge in [-0.1, -0.05) is 13.0 Å². The molecule has 0 spiro atoms. The Labute approximate surface area is 104 Å². The van der Waals surface area contributed by atoms with Crippen LogP contribution >= 0.6 is 0 Å². The van der Waals surface area contributed by atoms with Crippen molar-refractivity contribution in [3.8, 4) is 0 Å². The Kier molecular flexibility index (Phi) is 10.8. The fourth-order valence-electron chi connectivity index (χ4n) is 1.26. The zero-order chi connectivity index (χ0) is 11.1. The van der Waals surface area contributed by atoms with Crippen LogP contribution in [0.15, 0.2) is 0 Å². The van der Waals surface area contributed by atoms with Crippen LogP contribution in [0.2, 0.25) is 0 Å². The van der Waals surface area contributed by atoms with Gasteiger partial charge in [-0.05, 0) is 37.8 Å². The first kappa shape index (κ1) is 17.4. The molecule has 15 heavy (non-hydrogen) atoms. The number of carboxylic acid groups (broad SMARTS) is 1. The predicted molar refractivity (Wildman–Crippen MR) is 48.8 cm³/mol. The van der Waals surface area contributed by atoms with Crippen LogP contribution in [0, 0.1) is 11.8 Å². The van der Waals surface area contributed by atoms with Crippen molar-refractivity contribution in [3.05, 3.63) is 0 Å². The summed E-state index contributed by atoms with van der Waals surface area (Å²) in [6, 6.07) is 0. The van der Waals surface area contributed by atoms with Gasteiger partial charge in [-0.15, -0.1) is 0 Å². The van der Waals surface area contributed by atoms with Crippen molar-refractivity contribution < 1.29 is 36.1 Å². The van der Waals surface area contributed by atoms with E-state index in [1.807, 2.05) is 0 Å². The van der Waals surface area contributed by atoms with Crippen molar-refractivity contribution in [3.63, 3.8) is 0 Å². The van der Waals surface area contributed by atoms with Crippen molar-refractivity contribution in [1.29, 1.82) is 0 Å². The van der Waals surface area contributed by atoms with Crippen LogP contribution in [0.4, 0.5) is 0 Å². The Morgan fingerprint density at radius 1 is 1.33 bits per heavy atom. The number of nitrogens with two attached hydrogens (primary N) is 2. The Bertz CT molecular complexity index is 165. The molecule has 0 heterocycles. The third-order valence-corrected chi connectivity index (χ3v) is 2.51. The van der Waals surface area contributed by atoms with Crippen LogP contribution in [0.5, 0.6) is 0 Å². The molecule has 1 aliphatic carbocycles. The molecule has 1 aliphatic rings. The summed E-state index contributed by atoms with van der Waals surface area (Å²) in [5.74, 6) is -0.0463. The molecule has 5 nitrogen and oxygen atoms in total. The summed E-state index contributed by atoms with van der Waals surface area (Å²) in [5.41, 5.74) is 10.9. The van der Waals surface area contributed by atoms with E-state index in [4.69, 9.17) is 11.5 Å². The van der Waals surface area contributed by atoms with Gasteiger partial charge in [0.15, 0.2) is 0 Å². The third-order valence-electron chi connectivity index (χ3n) is 2.51. The molecule has 3 atom stereocenters. The molecular weight excluding hydrogens is 379 g/mol. The molecule has 0 amide bonds. The van der Waals surface area contributed by atoms with Gasteiger partial charge in [-0.3, -0.25) is 0 Å². The van der Waals surface area contributed by atoms with E-state index in [0.29, 0.717) is 0 Å². The van der Waals surface area contributed by atoms with Gasteiger partial charge in [-0.25, -0.2) is 0 Å². The molecule has 1 saturated carbocycles. The molecule has 0 aliphatic heterocycles. The van der Waals surface area contributed by atoms with E-state index in [0.717, 1.165) is 31.8 Å². The SMILES string of the molecule is CC([O-])C(=O)[O-].NCC1CCC1CN.[Pt+2]. The van der Waals surface area contributed by atoms with Gasteiger partial charge < -0.3 is 26.5 Å². The van der Waals surface area contributed by atoms with E-state index >= 15 is 0 Å². The van der Waals surface area contributed by atoms with Gasteiger partial charge in [0.25, 0.3) is 0 Å². The Morgan fingerprint density at radius 3 is 1.67 bits per heavy atom. The summed E-state index contributed by atoms with van der Waals surface area (Å²) in [7, 11) is 0. The fourth-order valence-corrected chi connectivity index (χ4v) is 1.26. The maximum absolute atomic E-state index is 9.56. The first-order valence-electron chi connectivity index (χ1n) is 4.79. The summed E-state index contributed by atoms with van der Waals surface area (Å²) >= 11 is 0. The number of hydrogen-bond acceptors (Lipinski definition) is 5. The van der Waals surface area contributed by atoms with Crippen molar-refractivity contribution in [2.24, 2.45) is 23.3 Å². The summed E-state index contributed by atoms with van der Waals surface area (Å²) in [5, 5.41) is 18.8. The van der Waals surface area contributed by atoms with Crippen LogP contribution in [-0.2, 0) is 25.9 Å². The van der Waals surface area contributed by atoms with Crippen LogP contribution in [0.3, 0.4) is 0 Å². The molecule has 0 aromatic carbocycles. The topological polar surface area (TPSA) is 115 Å². The van der Waals surface area contributed by atoms with Gasteiger partial charge in [0, 0.05) is 5.97 Å². The molecule has 92 valence electrons. The largest absolute Gasteiger partial charge is 2.00 e. The molecule has 0 radical (unpaired) electrons. The van der Waals surface area contributed by atoms with Gasteiger partial charge in [0.05, 0.1) is 0 Å². The first-order valence-corrected chi connectivity index (χ1v) is 4.79. The predicted octanol–water partition coefficient (Wildman–Crippen LogP) is -2.59. The molecule has 4 N–H and O–H groups in total. The molecular formula is C9H18N2O3Pt. The Balaban J connectivity index is 0. The number of carboxylic acids is 1. The normalized spacial score (nSPS) is 25.1. The second-order valence-electron chi connectivity index (χ2n) is 3.53. The number of hydrogen-bond donors (Lipinski definition) is 2. The second kappa shape index (κ2) is 9.28. The molecule has 0 bridgehead atoms. The molecule has 0 aromatic rings. The average molecular weight is 397 g/mol. The van der Waals surface area contributed by atoms with E-state index in [1.165, 1.54) is 12.8 Å². The van der Waals surface area contributed by atoms with E-state index in [-0.39, 0.29) is 21.1 Å². The monoisotopic (exact) mass is 397 g/mol. The van der Waals surface area contributed by atoms with Crippen LogP contribution in [0.1, 0.15) is 19.8 Å². The Morgan fingerprint density at radius 2 is 1.60 bits per heavy atom. The van der Waals surface area contributed by atoms with Crippen LogP contribution in [-0.4, -0.2) is 25.2 Å². The molecule has 0 aromatic heterocycles. The number of carbonyl (C=O) groups is 1. The van der Waals surface area contributed by atoms with Gasteiger partial charge in [-0.2, -0.15) is 0 Å². The van der Waals surface area contributed by atoms with Gasteiger partial charge in [0.2, 0.25) is 0 Å². The first-order chi connectivity index (χ1) is 6.52. The van der Waals surface area contributed by atoms with E-state index < -0.39 is 12.1 Å². The van der Waals surface area contributed by atoms with Crippen LogP contribution < -0.4 is 21.7 Å². The summed E-state index contributed by atoms with van der Waals surface area (Å²) in [6.45, 7) is 2.69. The van der Waals surface area contributed by atoms with Crippen molar-refractivity contribution >= 4 is 5.97 Å². The minimum Gasteiger partial charge on any atom is -0.848 e. The van der Waals surface area contributed by atoms with Crippen molar-refractivity contribution in [2.45, 2.75) is 25.9 Å². The maximum atomic E-state index is 9.56. The van der Waals surface area contributed by atoms with Gasteiger partial charge in [0.1, 0.15) is 0 Å².